The number of aromatic nitrogens is 1. The second-order valence-electron chi connectivity index (χ2n) is 6.45. The molecule has 0 fully saturated rings. The standard InChI is InChI=1S/C20H27N3O2/c1-15(24)12-19(17-8-5-4-6-9-17)14-22-20(25)23(3)16(2)18-10-7-11-21-13-18/h4-11,13,15-16,19,24H,12,14H2,1-3H3,(H,22,25). The predicted octanol–water partition coefficient (Wildman–Crippen LogP) is 3.34. The quantitative estimate of drug-likeness (QED) is 0.812. The zero-order valence-electron chi connectivity index (χ0n) is 15.1. The molecule has 134 valence electrons. The molecular formula is C20H27N3O2. The van der Waals surface area contributed by atoms with Crippen molar-refractivity contribution < 1.29 is 9.90 Å². The number of rotatable bonds is 7. The van der Waals surface area contributed by atoms with Gasteiger partial charge in [0.05, 0.1) is 12.1 Å². The number of pyridine rings is 1. The van der Waals surface area contributed by atoms with Crippen LogP contribution >= 0.6 is 0 Å². The summed E-state index contributed by atoms with van der Waals surface area (Å²) in [6, 6.07) is 13.6. The molecule has 3 unspecified atom stereocenters. The van der Waals surface area contributed by atoms with Crippen LogP contribution in [0.15, 0.2) is 54.9 Å². The van der Waals surface area contributed by atoms with E-state index in [0.717, 1.165) is 11.1 Å². The Morgan fingerprint density at radius 2 is 1.84 bits per heavy atom. The molecule has 2 N–H and O–H groups in total. The maximum atomic E-state index is 12.5. The van der Waals surface area contributed by atoms with Crippen molar-refractivity contribution >= 4 is 6.03 Å². The molecule has 0 aliphatic rings. The Hall–Kier alpha value is -2.40. The van der Waals surface area contributed by atoms with Crippen molar-refractivity contribution in [2.45, 2.75) is 38.3 Å². The Morgan fingerprint density at radius 1 is 1.16 bits per heavy atom. The molecule has 3 atom stereocenters. The number of carbonyl (C=O) groups is 1. The summed E-state index contributed by atoms with van der Waals surface area (Å²) in [6.07, 6.45) is 3.67. The Labute approximate surface area is 149 Å². The van der Waals surface area contributed by atoms with Gasteiger partial charge in [0.15, 0.2) is 0 Å². The van der Waals surface area contributed by atoms with Crippen LogP contribution in [0.3, 0.4) is 0 Å². The van der Waals surface area contributed by atoms with Crippen molar-refractivity contribution in [3.05, 3.63) is 66.0 Å². The van der Waals surface area contributed by atoms with Gasteiger partial charge in [0.1, 0.15) is 0 Å². The first-order chi connectivity index (χ1) is 12.0. The average Bonchev–Trinajstić information content (AvgIpc) is 2.64. The Balaban J connectivity index is 1.98. The number of amides is 2. The van der Waals surface area contributed by atoms with Crippen LogP contribution in [-0.2, 0) is 0 Å². The molecule has 0 aliphatic carbocycles. The van der Waals surface area contributed by atoms with Gasteiger partial charge in [-0.15, -0.1) is 0 Å². The van der Waals surface area contributed by atoms with Crippen molar-refractivity contribution in [2.75, 3.05) is 13.6 Å². The number of benzene rings is 1. The van der Waals surface area contributed by atoms with Crippen LogP contribution in [0.1, 0.15) is 43.4 Å². The summed E-state index contributed by atoms with van der Waals surface area (Å²) in [5.74, 6) is 0.0762. The Bertz CT molecular complexity index is 647. The van der Waals surface area contributed by atoms with Crippen LogP contribution in [0.5, 0.6) is 0 Å². The van der Waals surface area contributed by atoms with Crippen molar-refractivity contribution in [1.82, 2.24) is 15.2 Å². The highest BCUT2D eigenvalue weighted by atomic mass is 16.3. The van der Waals surface area contributed by atoms with Crippen molar-refractivity contribution in [1.29, 1.82) is 0 Å². The van der Waals surface area contributed by atoms with Crippen LogP contribution in [0, 0.1) is 0 Å². The number of urea groups is 1. The summed E-state index contributed by atoms with van der Waals surface area (Å²) in [4.78, 5) is 18.3. The first-order valence-corrected chi connectivity index (χ1v) is 8.62. The molecule has 0 saturated carbocycles. The molecule has 0 spiro atoms. The van der Waals surface area contributed by atoms with Gasteiger partial charge >= 0.3 is 6.03 Å². The van der Waals surface area contributed by atoms with E-state index >= 15 is 0 Å². The van der Waals surface area contributed by atoms with E-state index in [1.165, 1.54) is 0 Å². The zero-order chi connectivity index (χ0) is 18.2. The summed E-state index contributed by atoms with van der Waals surface area (Å²) in [5, 5.41) is 12.8. The van der Waals surface area contributed by atoms with Crippen molar-refractivity contribution in [3.8, 4) is 0 Å². The lowest BCUT2D eigenvalue weighted by Crippen LogP contribution is -2.40. The fraction of sp³-hybridized carbons (Fsp3) is 0.400. The van der Waals surface area contributed by atoms with Crippen LogP contribution in [-0.4, -0.2) is 40.7 Å². The van der Waals surface area contributed by atoms with E-state index < -0.39 is 6.10 Å². The fourth-order valence-electron chi connectivity index (χ4n) is 2.83. The molecule has 2 rings (SSSR count). The summed E-state index contributed by atoms with van der Waals surface area (Å²) >= 11 is 0. The maximum absolute atomic E-state index is 12.5. The summed E-state index contributed by atoms with van der Waals surface area (Å²) < 4.78 is 0. The molecule has 5 heteroatoms. The Kier molecular flexibility index (Phi) is 6.95. The summed E-state index contributed by atoms with van der Waals surface area (Å²) in [6.45, 7) is 4.23. The minimum absolute atomic E-state index is 0.0689. The molecule has 2 amide bonds. The predicted molar refractivity (Wildman–Crippen MR) is 99.3 cm³/mol. The van der Waals surface area contributed by atoms with Crippen LogP contribution in [0.25, 0.3) is 0 Å². The van der Waals surface area contributed by atoms with Gasteiger partial charge in [-0.1, -0.05) is 36.4 Å². The second kappa shape index (κ2) is 9.18. The number of hydrogen-bond acceptors (Lipinski definition) is 3. The minimum atomic E-state index is -0.422. The maximum Gasteiger partial charge on any atom is 0.317 e. The first-order valence-electron chi connectivity index (χ1n) is 8.62. The summed E-state index contributed by atoms with van der Waals surface area (Å²) in [7, 11) is 1.78. The van der Waals surface area contributed by atoms with E-state index in [9.17, 15) is 9.90 Å². The normalized spacial score (nSPS) is 14.4. The molecule has 0 radical (unpaired) electrons. The lowest BCUT2D eigenvalue weighted by Gasteiger charge is -2.27. The number of carbonyl (C=O) groups excluding carboxylic acids is 1. The molecular weight excluding hydrogens is 314 g/mol. The van der Waals surface area contributed by atoms with Crippen molar-refractivity contribution in [3.63, 3.8) is 0 Å². The molecule has 1 heterocycles. The highest BCUT2D eigenvalue weighted by Gasteiger charge is 2.20. The van der Waals surface area contributed by atoms with Crippen molar-refractivity contribution in [2.24, 2.45) is 0 Å². The van der Waals surface area contributed by atoms with Gasteiger partial charge < -0.3 is 15.3 Å². The van der Waals surface area contributed by atoms with E-state index in [-0.39, 0.29) is 18.0 Å². The molecule has 25 heavy (non-hydrogen) atoms. The highest BCUT2D eigenvalue weighted by Crippen LogP contribution is 2.21. The molecule has 0 saturated heterocycles. The third-order valence-corrected chi connectivity index (χ3v) is 4.46. The zero-order valence-corrected chi connectivity index (χ0v) is 15.1. The van der Waals surface area contributed by atoms with E-state index in [0.29, 0.717) is 13.0 Å². The number of hydrogen-bond donors (Lipinski definition) is 2. The molecule has 2 aromatic rings. The van der Waals surface area contributed by atoms with Gasteiger partial charge in [0, 0.05) is 31.9 Å². The van der Waals surface area contributed by atoms with Gasteiger partial charge in [-0.05, 0) is 37.5 Å². The van der Waals surface area contributed by atoms with Crippen LogP contribution < -0.4 is 5.32 Å². The van der Waals surface area contributed by atoms with Gasteiger partial charge in [-0.3, -0.25) is 4.98 Å². The van der Waals surface area contributed by atoms with Gasteiger partial charge in [0.25, 0.3) is 0 Å². The lowest BCUT2D eigenvalue weighted by molar-refractivity contribution is 0.170. The molecule has 5 nitrogen and oxygen atoms in total. The largest absolute Gasteiger partial charge is 0.393 e. The first kappa shape index (κ1) is 18.9. The number of aliphatic hydroxyl groups excluding tert-OH is 1. The third-order valence-electron chi connectivity index (χ3n) is 4.46. The molecule has 0 bridgehead atoms. The van der Waals surface area contributed by atoms with Gasteiger partial charge in [-0.25, -0.2) is 4.79 Å². The van der Waals surface area contributed by atoms with E-state index in [1.54, 1.807) is 31.3 Å². The monoisotopic (exact) mass is 341 g/mol. The second-order valence-corrected chi connectivity index (χ2v) is 6.45. The smallest absolute Gasteiger partial charge is 0.317 e. The fourth-order valence-corrected chi connectivity index (χ4v) is 2.83. The van der Waals surface area contributed by atoms with Crippen LogP contribution in [0.4, 0.5) is 4.79 Å². The highest BCUT2D eigenvalue weighted by molar-refractivity contribution is 5.74. The molecule has 0 aliphatic heterocycles. The topological polar surface area (TPSA) is 65.5 Å². The van der Waals surface area contributed by atoms with Gasteiger partial charge in [0.2, 0.25) is 0 Å². The van der Waals surface area contributed by atoms with Gasteiger partial charge in [-0.2, -0.15) is 0 Å². The SMILES string of the molecule is CC(O)CC(CNC(=O)N(C)C(C)c1cccnc1)c1ccccc1. The van der Waals surface area contributed by atoms with E-state index in [2.05, 4.69) is 10.3 Å². The van der Waals surface area contributed by atoms with E-state index in [1.807, 2.05) is 49.4 Å². The lowest BCUT2D eigenvalue weighted by atomic mass is 9.93. The third kappa shape index (κ3) is 5.57. The molecule has 1 aromatic heterocycles. The minimum Gasteiger partial charge on any atom is -0.393 e. The average molecular weight is 341 g/mol. The summed E-state index contributed by atoms with van der Waals surface area (Å²) in [5.41, 5.74) is 2.11. The number of nitrogens with zero attached hydrogens (tertiary/aromatic N) is 2. The molecule has 1 aromatic carbocycles. The Morgan fingerprint density at radius 3 is 2.44 bits per heavy atom. The number of aliphatic hydroxyl groups is 1. The van der Waals surface area contributed by atoms with Crippen LogP contribution in [0.2, 0.25) is 0 Å². The number of nitrogens with one attached hydrogen (secondary N) is 1. The van der Waals surface area contributed by atoms with E-state index in [4.69, 9.17) is 0 Å².